The summed E-state index contributed by atoms with van der Waals surface area (Å²) < 4.78 is 23.2. The maximum atomic E-state index is 11.6. The number of nitrogens with zero attached hydrogens (tertiary/aromatic N) is 2. The van der Waals surface area contributed by atoms with E-state index in [0.717, 1.165) is 16.9 Å². The van der Waals surface area contributed by atoms with Gasteiger partial charge in [0.2, 0.25) is 5.95 Å². The van der Waals surface area contributed by atoms with Crippen LogP contribution in [0.5, 0.6) is 0 Å². The van der Waals surface area contributed by atoms with Gasteiger partial charge in [-0.2, -0.15) is 4.98 Å². The highest BCUT2D eigenvalue weighted by Gasteiger charge is 2.28. The number of hydrogen-bond donors (Lipinski definition) is 2. The molecule has 3 rings (SSSR count). The van der Waals surface area contributed by atoms with Gasteiger partial charge in [0, 0.05) is 28.5 Å². The molecule has 0 radical (unpaired) electrons. The minimum atomic E-state index is -2.93. The van der Waals surface area contributed by atoms with Crippen molar-refractivity contribution < 1.29 is 8.42 Å². The molecule has 1 atom stereocenters. The van der Waals surface area contributed by atoms with Crippen LogP contribution in [0.2, 0.25) is 5.02 Å². The van der Waals surface area contributed by atoms with Crippen LogP contribution in [-0.4, -0.2) is 35.9 Å². The number of rotatable bonds is 4. The van der Waals surface area contributed by atoms with E-state index in [4.69, 9.17) is 11.6 Å². The normalized spacial score (nSPS) is 19.2. The molecule has 2 N–H and O–H groups in total. The fourth-order valence-electron chi connectivity index (χ4n) is 2.70. The van der Waals surface area contributed by atoms with Crippen LogP contribution in [0.15, 0.2) is 24.3 Å². The summed E-state index contributed by atoms with van der Waals surface area (Å²) in [7, 11) is -2.93. The highest BCUT2D eigenvalue weighted by atomic mass is 35.5. The van der Waals surface area contributed by atoms with E-state index in [-0.39, 0.29) is 17.5 Å². The zero-order valence-corrected chi connectivity index (χ0v) is 15.1. The monoisotopic (exact) mass is 366 g/mol. The van der Waals surface area contributed by atoms with Crippen LogP contribution in [-0.2, 0) is 9.84 Å². The van der Waals surface area contributed by atoms with Crippen molar-refractivity contribution >= 4 is 38.9 Å². The molecule has 1 aromatic carbocycles. The van der Waals surface area contributed by atoms with Gasteiger partial charge in [0.25, 0.3) is 0 Å². The van der Waals surface area contributed by atoms with Gasteiger partial charge in [-0.05, 0) is 44.0 Å². The molecule has 0 spiro atoms. The molecule has 2 aromatic rings. The Bertz CT molecular complexity index is 870. The van der Waals surface area contributed by atoms with Gasteiger partial charge in [-0.3, -0.25) is 0 Å². The third-order valence-corrected chi connectivity index (χ3v) is 5.88. The molecule has 1 aliphatic rings. The van der Waals surface area contributed by atoms with Crippen LogP contribution < -0.4 is 10.6 Å². The van der Waals surface area contributed by atoms with Crippen molar-refractivity contribution in [1.82, 2.24) is 9.97 Å². The predicted molar refractivity (Wildman–Crippen MR) is 96.9 cm³/mol. The molecule has 0 aliphatic carbocycles. The first-order chi connectivity index (χ1) is 11.3. The Morgan fingerprint density at radius 2 is 2.00 bits per heavy atom. The van der Waals surface area contributed by atoms with E-state index in [1.165, 1.54) is 0 Å². The first-order valence-corrected chi connectivity index (χ1v) is 9.86. The van der Waals surface area contributed by atoms with Gasteiger partial charge in [0.05, 0.1) is 11.5 Å². The second-order valence-corrected chi connectivity index (χ2v) is 8.71. The zero-order chi connectivity index (χ0) is 17.3. The van der Waals surface area contributed by atoms with Crippen LogP contribution in [0.1, 0.15) is 17.7 Å². The molecule has 1 fully saturated rings. The van der Waals surface area contributed by atoms with Crippen molar-refractivity contribution in [3.8, 4) is 0 Å². The van der Waals surface area contributed by atoms with E-state index in [1.807, 2.05) is 32.0 Å². The van der Waals surface area contributed by atoms with Crippen LogP contribution >= 0.6 is 11.6 Å². The van der Waals surface area contributed by atoms with Crippen molar-refractivity contribution in [2.24, 2.45) is 0 Å². The van der Waals surface area contributed by atoms with Gasteiger partial charge in [-0.1, -0.05) is 11.6 Å². The van der Waals surface area contributed by atoms with Crippen molar-refractivity contribution in [2.45, 2.75) is 26.3 Å². The molecule has 6 nitrogen and oxygen atoms in total. The van der Waals surface area contributed by atoms with Gasteiger partial charge in [0.1, 0.15) is 5.82 Å². The van der Waals surface area contributed by atoms with E-state index in [2.05, 4.69) is 20.6 Å². The summed E-state index contributed by atoms with van der Waals surface area (Å²) in [5.74, 6) is 1.46. The van der Waals surface area contributed by atoms with Gasteiger partial charge >= 0.3 is 0 Å². The molecule has 0 saturated carbocycles. The lowest BCUT2D eigenvalue weighted by Gasteiger charge is -2.14. The lowest BCUT2D eigenvalue weighted by molar-refractivity contribution is 0.602. The number of anilines is 3. The van der Waals surface area contributed by atoms with Crippen molar-refractivity contribution in [1.29, 1.82) is 0 Å². The number of hydrogen-bond acceptors (Lipinski definition) is 6. The highest BCUT2D eigenvalue weighted by Crippen LogP contribution is 2.23. The number of nitrogens with one attached hydrogen (secondary N) is 2. The minimum Gasteiger partial charge on any atom is -0.366 e. The summed E-state index contributed by atoms with van der Waals surface area (Å²) in [5.41, 5.74) is 2.66. The summed E-state index contributed by atoms with van der Waals surface area (Å²) in [6, 6.07) is 7.25. The Morgan fingerprint density at radius 3 is 2.67 bits per heavy atom. The number of aromatic nitrogens is 2. The van der Waals surface area contributed by atoms with E-state index in [1.54, 1.807) is 6.07 Å². The summed E-state index contributed by atoms with van der Waals surface area (Å²) >= 11 is 5.97. The molecule has 1 saturated heterocycles. The van der Waals surface area contributed by atoms with Crippen LogP contribution in [0.4, 0.5) is 17.5 Å². The molecule has 1 aliphatic heterocycles. The molecule has 1 aromatic heterocycles. The molecular formula is C16H19ClN4O2S. The van der Waals surface area contributed by atoms with E-state index < -0.39 is 9.84 Å². The first-order valence-electron chi connectivity index (χ1n) is 7.66. The fourth-order valence-corrected chi connectivity index (χ4v) is 4.60. The smallest absolute Gasteiger partial charge is 0.229 e. The molecule has 0 amide bonds. The van der Waals surface area contributed by atoms with Gasteiger partial charge < -0.3 is 10.6 Å². The van der Waals surface area contributed by atoms with Gasteiger partial charge in [-0.15, -0.1) is 0 Å². The summed E-state index contributed by atoms with van der Waals surface area (Å²) in [5, 5.41) is 7.05. The van der Waals surface area contributed by atoms with Crippen molar-refractivity contribution in [3.63, 3.8) is 0 Å². The third-order valence-electron chi connectivity index (χ3n) is 3.87. The van der Waals surface area contributed by atoms with Crippen LogP contribution in [0.3, 0.4) is 0 Å². The van der Waals surface area contributed by atoms with Crippen molar-refractivity contribution in [2.75, 3.05) is 22.1 Å². The summed E-state index contributed by atoms with van der Waals surface area (Å²) in [6.07, 6.45) is 0.602. The molecule has 24 heavy (non-hydrogen) atoms. The first kappa shape index (κ1) is 17.0. The van der Waals surface area contributed by atoms with Crippen LogP contribution in [0.25, 0.3) is 0 Å². The molecule has 128 valence electrons. The van der Waals surface area contributed by atoms with Gasteiger partial charge in [0.15, 0.2) is 9.84 Å². The number of aryl methyl sites for hydroxylation is 2. The number of halogens is 1. The van der Waals surface area contributed by atoms with E-state index in [9.17, 15) is 8.42 Å². The summed E-state index contributed by atoms with van der Waals surface area (Å²) in [6.45, 7) is 3.82. The quantitative estimate of drug-likeness (QED) is 0.865. The fraction of sp³-hybridized carbons (Fsp3) is 0.375. The second-order valence-electron chi connectivity index (χ2n) is 6.05. The zero-order valence-electron chi connectivity index (χ0n) is 13.5. The molecule has 1 unspecified atom stereocenters. The van der Waals surface area contributed by atoms with Gasteiger partial charge in [-0.25, -0.2) is 13.4 Å². The van der Waals surface area contributed by atoms with E-state index >= 15 is 0 Å². The Balaban J connectivity index is 1.79. The number of sulfone groups is 1. The van der Waals surface area contributed by atoms with E-state index in [0.29, 0.717) is 23.2 Å². The van der Waals surface area contributed by atoms with Crippen molar-refractivity contribution in [3.05, 3.63) is 40.5 Å². The predicted octanol–water partition coefficient (Wildman–Crippen LogP) is 3.09. The largest absolute Gasteiger partial charge is 0.366 e. The lowest BCUT2D eigenvalue weighted by atomic mass is 10.2. The summed E-state index contributed by atoms with van der Waals surface area (Å²) in [4.78, 5) is 8.82. The maximum Gasteiger partial charge on any atom is 0.229 e. The maximum absolute atomic E-state index is 11.6. The highest BCUT2D eigenvalue weighted by molar-refractivity contribution is 7.91. The SMILES string of the molecule is Cc1cc(NC2CCS(=O)(=O)C2)nc(Nc2ccc(Cl)cc2C)n1. The molecule has 2 heterocycles. The Labute approximate surface area is 146 Å². The topological polar surface area (TPSA) is 84.0 Å². The second kappa shape index (κ2) is 6.57. The molecule has 8 heteroatoms. The molecular weight excluding hydrogens is 348 g/mol. The minimum absolute atomic E-state index is 0.102. The van der Waals surface area contributed by atoms with Crippen LogP contribution in [0, 0.1) is 13.8 Å². The lowest BCUT2D eigenvalue weighted by Crippen LogP contribution is -2.21. The standard InChI is InChI=1S/C16H19ClN4O2S/c1-10-7-12(17)3-4-14(10)20-16-18-11(2)8-15(21-16)19-13-5-6-24(22,23)9-13/h3-4,7-8,13H,5-6,9H2,1-2H3,(H2,18,19,20,21). The Morgan fingerprint density at radius 1 is 1.21 bits per heavy atom. The third kappa shape index (κ3) is 4.15. The number of benzene rings is 1. The average Bonchev–Trinajstić information content (AvgIpc) is 2.80. The Kier molecular flexibility index (Phi) is 4.64. The Hall–Kier alpha value is -1.86. The average molecular weight is 367 g/mol. The molecule has 0 bridgehead atoms.